The Morgan fingerprint density at radius 3 is 2.24 bits per heavy atom. The largest absolute Gasteiger partial charge is 0.493 e. The molecule has 150 valence electrons. The first-order valence-electron chi connectivity index (χ1n) is 9.43. The molecule has 0 bridgehead atoms. The summed E-state index contributed by atoms with van der Waals surface area (Å²) in [6, 6.07) is 22.4. The second-order valence-electron chi connectivity index (χ2n) is 6.87. The molecule has 29 heavy (non-hydrogen) atoms. The van der Waals surface area contributed by atoms with E-state index in [9.17, 15) is 0 Å². The Hall–Kier alpha value is -3.05. The molecule has 4 nitrogen and oxygen atoms in total. The Morgan fingerprint density at radius 1 is 0.862 bits per heavy atom. The van der Waals surface area contributed by atoms with Crippen molar-refractivity contribution in [3.63, 3.8) is 0 Å². The van der Waals surface area contributed by atoms with Crippen LogP contribution in [0.3, 0.4) is 0 Å². The first-order chi connectivity index (χ1) is 14.0. The van der Waals surface area contributed by atoms with E-state index in [0.717, 1.165) is 11.3 Å². The molecule has 3 aromatic rings. The number of nitrogens with one attached hydrogen (secondary N) is 2. The number of methoxy groups -OCH3 is 2. The van der Waals surface area contributed by atoms with Gasteiger partial charge in [0.1, 0.15) is 0 Å². The zero-order chi connectivity index (χ0) is 20.8. The highest BCUT2D eigenvalue weighted by atomic mass is 32.1. The van der Waals surface area contributed by atoms with Gasteiger partial charge in [0, 0.05) is 11.8 Å². The minimum Gasteiger partial charge on any atom is -0.493 e. The maximum absolute atomic E-state index is 5.63. The van der Waals surface area contributed by atoms with Crippen molar-refractivity contribution in [3.8, 4) is 11.5 Å². The van der Waals surface area contributed by atoms with E-state index >= 15 is 0 Å². The SMILES string of the molecule is COc1ccc(NC(=S)N[C@@H](c2ccccc2)c2ccc(C)cc2C)cc1OC. The quantitative estimate of drug-likeness (QED) is 0.537. The predicted molar refractivity (Wildman–Crippen MR) is 123 cm³/mol. The second kappa shape index (κ2) is 9.43. The Kier molecular flexibility index (Phi) is 6.73. The van der Waals surface area contributed by atoms with Gasteiger partial charge in [0.25, 0.3) is 0 Å². The van der Waals surface area contributed by atoms with Crippen LogP contribution in [0.2, 0.25) is 0 Å². The molecule has 0 radical (unpaired) electrons. The molecule has 0 aromatic heterocycles. The molecular formula is C24H26N2O2S. The number of rotatable bonds is 6. The van der Waals surface area contributed by atoms with Crippen LogP contribution in [-0.4, -0.2) is 19.3 Å². The normalized spacial score (nSPS) is 11.4. The van der Waals surface area contributed by atoms with Crippen LogP contribution >= 0.6 is 12.2 Å². The van der Waals surface area contributed by atoms with E-state index in [4.69, 9.17) is 21.7 Å². The predicted octanol–water partition coefficient (Wildman–Crippen LogP) is 5.40. The van der Waals surface area contributed by atoms with Crippen LogP contribution in [0.25, 0.3) is 0 Å². The molecular weight excluding hydrogens is 380 g/mol. The molecule has 0 amide bonds. The van der Waals surface area contributed by atoms with Gasteiger partial charge in [0.2, 0.25) is 0 Å². The lowest BCUT2D eigenvalue weighted by Crippen LogP contribution is -2.33. The molecule has 0 heterocycles. The van der Waals surface area contributed by atoms with Crippen LogP contribution in [-0.2, 0) is 0 Å². The number of thiocarbonyl (C=S) groups is 1. The van der Waals surface area contributed by atoms with Crippen molar-refractivity contribution in [2.75, 3.05) is 19.5 Å². The monoisotopic (exact) mass is 406 g/mol. The molecule has 2 N–H and O–H groups in total. The van der Waals surface area contributed by atoms with Gasteiger partial charge in [0.15, 0.2) is 16.6 Å². The van der Waals surface area contributed by atoms with Gasteiger partial charge >= 0.3 is 0 Å². The minimum absolute atomic E-state index is 0.0584. The van der Waals surface area contributed by atoms with Crippen molar-refractivity contribution >= 4 is 23.0 Å². The standard InChI is InChI=1S/C24H26N2O2S/c1-16-10-12-20(17(2)14-16)23(18-8-6-5-7-9-18)26-24(29)25-19-11-13-21(27-3)22(15-19)28-4/h5-15,23H,1-4H3,(H2,25,26,29)/t23-/m0/s1. The van der Waals surface area contributed by atoms with Crippen LogP contribution in [0.5, 0.6) is 11.5 Å². The molecule has 0 saturated heterocycles. The number of anilines is 1. The summed E-state index contributed by atoms with van der Waals surface area (Å²) in [6.45, 7) is 4.23. The minimum atomic E-state index is -0.0584. The van der Waals surface area contributed by atoms with Gasteiger partial charge in [-0.25, -0.2) is 0 Å². The number of ether oxygens (including phenoxy) is 2. The Morgan fingerprint density at radius 2 is 1.59 bits per heavy atom. The highest BCUT2D eigenvalue weighted by molar-refractivity contribution is 7.80. The van der Waals surface area contributed by atoms with Crippen molar-refractivity contribution in [2.45, 2.75) is 19.9 Å². The number of benzene rings is 3. The number of hydrogen-bond acceptors (Lipinski definition) is 3. The van der Waals surface area contributed by atoms with Crippen molar-refractivity contribution in [2.24, 2.45) is 0 Å². The third-order valence-corrected chi connectivity index (χ3v) is 5.01. The number of hydrogen-bond donors (Lipinski definition) is 2. The van der Waals surface area contributed by atoms with Crippen LogP contribution in [0.15, 0.2) is 66.7 Å². The van der Waals surface area contributed by atoms with E-state index in [2.05, 4.69) is 54.8 Å². The summed E-state index contributed by atoms with van der Waals surface area (Å²) in [7, 11) is 3.23. The summed E-state index contributed by atoms with van der Waals surface area (Å²) in [4.78, 5) is 0. The fourth-order valence-corrected chi connectivity index (χ4v) is 3.58. The average Bonchev–Trinajstić information content (AvgIpc) is 2.73. The maximum atomic E-state index is 5.63. The molecule has 0 aliphatic heterocycles. The van der Waals surface area contributed by atoms with Crippen LogP contribution in [0, 0.1) is 13.8 Å². The van der Waals surface area contributed by atoms with E-state index in [1.165, 1.54) is 16.7 Å². The lowest BCUT2D eigenvalue weighted by Gasteiger charge is -2.24. The smallest absolute Gasteiger partial charge is 0.171 e. The van der Waals surface area contributed by atoms with Gasteiger partial charge in [-0.2, -0.15) is 0 Å². The van der Waals surface area contributed by atoms with E-state index in [0.29, 0.717) is 16.6 Å². The topological polar surface area (TPSA) is 42.5 Å². The summed E-state index contributed by atoms with van der Waals surface area (Å²) < 4.78 is 10.7. The summed E-state index contributed by atoms with van der Waals surface area (Å²) in [5.41, 5.74) is 5.63. The molecule has 0 saturated carbocycles. The molecule has 0 fully saturated rings. The second-order valence-corrected chi connectivity index (χ2v) is 7.28. The highest BCUT2D eigenvalue weighted by Crippen LogP contribution is 2.30. The average molecular weight is 407 g/mol. The summed E-state index contributed by atoms with van der Waals surface area (Å²) >= 11 is 5.63. The van der Waals surface area contributed by atoms with Crippen molar-refractivity contribution in [3.05, 3.63) is 89.0 Å². The van der Waals surface area contributed by atoms with Gasteiger partial charge < -0.3 is 20.1 Å². The molecule has 3 aromatic carbocycles. The summed E-state index contributed by atoms with van der Waals surface area (Å²) in [6.07, 6.45) is 0. The Labute approximate surface area is 177 Å². The zero-order valence-electron chi connectivity index (χ0n) is 17.2. The molecule has 0 aliphatic carbocycles. The van der Waals surface area contributed by atoms with Crippen molar-refractivity contribution < 1.29 is 9.47 Å². The fourth-order valence-electron chi connectivity index (χ4n) is 3.35. The van der Waals surface area contributed by atoms with Crippen LogP contribution in [0.4, 0.5) is 5.69 Å². The zero-order valence-corrected chi connectivity index (χ0v) is 18.0. The van der Waals surface area contributed by atoms with E-state index in [1.807, 2.05) is 36.4 Å². The van der Waals surface area contributed by atoms with Gasteiger partial charge in [-0.05, 0) is 54.9 Å². The maximum Gasteiger partial charge on any atom is 0.171 e. The van der Waals surface area contributed by atoms with E-state index < -0.39 is 0 Å². The first kappa shape index (κ1) is 20.7. The van der Waals surface area contributed by atoms with Crippen LogP contribution < -0.4 is 20.1 Å². The highest BCUT2D eigenvalue weighted by Gasteiger charge is 2.17. The summed E-state index contributed by atoms with van der Waals surface area (Å²) in [5, 5.41) is 7.26. The van der Waals surface area contributed by atoms with Gasteiger partial charge in [-0.3, -0.25) is 0 Å². The van der Waals surface area contributed by atoms with Crippen molar-refractivity contribution in [1.29, 1.82) is 0 Å². The molecule has 1 atom stereocenters. The summed E-state index contributed by atoms with van der Waals surface area (Å²) in [5.74, 6) is 1.32. The third kappa shape index (κ3) is 5.06. The first-order valence-corrected chi connectivity index (χ1v) is 9.84. The number of aryl methyl sites for hydroxylation is 2. The van der Waals surface area contributed by atoms with Crippen LogP contribution in [0.1, 0.15) is 28.3 Å². The van der Waals surface area contributed by atoms with E-state index in [1.54, 1.807) is 14.2 Å². The Bertz CT molecular complexity index is 989. The van der Waals surface area contributed by atoms with Gasteiger partial charge in [-0.15, -0.1) is 0 Å². The lowest BCUT2D eigenvalue weighted by molar-refractivity contribution is 0.355. The van der Waals surface area contributed by atoms with Gasteiger partial charge in [0.05, 0.1) is 20.3 Å². The molecule has 5 heteroatoms. The van der Waals surface area contributed by atoms with Gasteiger partial charge in [-0.1, -0.05) is 54.1 Å². The molecule has 0 spiro atoms. The fraction of sp³-hybridized carbons (Fsp3) is 0.208. The van der Waals surface area contributed by atoms with E-state index in [-0.39, 0.29) is 6.04 Å². The molecule has 0 aliphatic rings. The molecule has 0 unspecified atom stereocenters. The third-order valence-electron chi connectivity index (χ3n) is 4.79. The lowest BCUT2D eigenvalue weighted by atomic mass is 9.94. The molecule has 3 rings (SSSR count). The Balaban J connectivity index is 1.85. The van der Waals surface area contributed by atoms with Crippen molar-refractivity contribution in [1.82, 2.24) is 5.32 Å².